The fourth-order valence-electron chi connectivity index (χ4n) is 5.13. The van der Waals surface area contributed by atoms with Crippen molar-refractivity contribution in [2.45, 2.75) is 55.7 Å². The predicted octanol–water partition coefficient (Wildman–Crippen LogP) is 4.94. The summed E-state index contributed by atoms with van der Waals surface area (Å²) in [7, 11) is -1.66. The minimum atomic E-state index is -1.66. The molecule has 8 nitrogen and oxygen atoms in total. The second kappa shape index (κ2) is 9.04. The maximum atomic E-state index is 14.6. The lowest BCUT2D eigenvalue weighted by Gasteiger charge is -2.42. The molecule has 1 saturated carbocycles. The highest BCUT2D eigenvalue weighted by atomic mass is 32.2. The normalized spacial score (nSPS) is 17.9. The number of aryl methyl sites for hydroxylation is 1. The summed E-state index contributed by atoms with van der Waals surface area (Å²) < 4.78 is 45.2. The molecule has 12 heteroatoms. The number of hydrogen-bond donors (Lipinski definition) is 0. The van der Waals surface area contributed by atoms with Crippen molar-refractivity contribution in [3.63, 3.8) is 0 Å². The molecule has 2 fully saturated rings. The van der Waals surface area contributed by atoms with Crippen LogP contribution in [-0.4, -0.2) is 57.3 Å². The summed E-state index contributed by atoms with van der Waals surface area (Å²) >= 11 is 1.63. The first-order valence-corrected chi connectivity index (χ1v) is 14.4. The molecule has 38 heavy (non-hydrogen) atoms. The van der Waals surface area contributed by atoms with Crippen molar-refractivity contribution < 1.29 is 13.0 Å². The third-order valence-electron chi connectivity index (χ3n) is 6.90. The highest BCUT2D eigenvalue weighted by Crippen LogP contribution is 2.48. The van der Waals surface area contributed by atoms with Crippen molar-refractivity contribution in [3.8, 4) is 0 Å². The molecule has 0 radical (unpaired) electrons. The van der Waals surface area contributed by atoms with Crippen molar-refractivity contribution >= 4 is 45.6 Å². The van der Waals surface area contributed by atoms with Gasteiger partial charge in [-0.15, -0.1) is 5.10 Å². The smallest absolute Gasteiger partial charge is 0.225 e. The van der Waals surface area contributed by atoms with E-state index in [-0.39, 0.29) is 16.1 Å². The summed E-state index contributed by atoms with van der Waals surface area (Å²) in [6.45, 7) is 10.1. The fraction of sp³-hybridized carbons (Fsp3) is 0.423. The highest BCUT2D eigenvalue weighted by Gasteiger charge is 2.53. The van der Waals surface area contributed by atoms with Gasteiger partial charge in [-0.1, -0.05) is 0 Å². The number of hydrogen-bond acceptors (Lipinski definition) is 7. The molecule has 0 N–H and O–H groups in total. The van der Waals surface area contributed by atoms with Gasteiger partial charge in [-0.25, -0.2) is 23.0 Å². The van der Waals surface area contributed by atoms with E-state index in [0.717, 1.165) is 23.8 Å². The van der Waals surface area contributed by atoms with Crippen molar-refractivity contribution in [1.82, 2.24) is 23.1 Å². The molecular weight excluding hydrogens is 528 g/mol. The number of halogens is 2. The Morgan fingerprint density at radius 1 is 1.08 bits per heavy atom. The number of benzene rings is 1. The van der Waals surface area contributed by atoms with Crippen molar-refractivity contribution in [1.29, 1.82) is 0 Å². The van der Waals surface area contributed by atoms with E-state index in [1.54, 1.807) is 11.9 Å². The number of aromatic nitrogens is 5. The molecule has 1 aromatic carbocycles. The summed E-state index contributed by atoms with van der Waals surface area (Å²) in [5.74, 6) is 0.366. The van der Waals surface area contributed by atoms with E-state index in [4.69, 9.17) is 5.10 Å². The standard InChI is InChI=1S/C26H29F2N7OS2/c1-17-11-18(27)12-21-22(17)23(31-35(21)38(36)20-5-8-33(15-20)37-25(2,3)4)34-10-9-32(16-26(34)6-7-26)24-29-13-19(28)14-30-24/h5,8,11-15H,6-7,9-10,16H2,1-4H3. The molecule has 1 unspecified atom stereocenters. The molecule has 4 heterocycles. The third kappa shape index (κ3) is 4.57. The van der Waals surface area contributed by atoms with Crippen LogP contribution < -0.4 is 9.80 Å². The van der Waals surface area contributed by atoms with Crippen LogP contribution in [0.15, 0.2) is 47.9 Å². The second-order valence-corrected chi connectivity index (χ2v) is 14.1. The van der Waals surface area contributed by atoms with Crippen molar-refractivity contribution in [3.05, 3.63) is 60.2 Å². The summed E-state index contributed by atoms with van der Waals surface area (Å²) in [5.41, 5.74) is 1.07. The SMILES string of the molecule is Cc1cc(F)cc2c1c(N1CCN(c3ncc(F)cn3)CC13CC3)nn2S(=O)c1ccn(SC(C)(C)C)c1. The lowest BCUT2D eigenvalue weighted by Crippen LogP contribution is -2.56. The van der Waals surface area contributed by atoms with Gasteiger partial charge in [0.25, 0.3) is 0 Å². The summed E-state index contributed by atoms with van der Waals surface area (Å²) in [6, 6.07) is 4.73. The number of rotatable bonds is 5. The first-order chi connectivity index (χ1) is 18.0. The molecule has 2 aliphatic rings. The Morgan fingerprint density at radius 2 is 1.82 bits per heavy atom. The van der Waals surface area contributed by atoms with E-state index in [0.29, 0.717) is 41.8 Å². The molecule has 0 amide bonds. The minimum absolute atomic E-state index is 0.0106. The number of anilines is 2. The summed E-state index contributed by atoms with van der Waals surface area (Å²) in [6.07, 6.45) is 8.01. The van der Waals surface area contributed by atoms with E-state index >= 15 is 0 Å². The van der Waals surface area contributed by atoms with Gasteiger partial charge in [0.1, 0.15) is 5.82 Å². The maximum Gasteiger partial charge on any atom is 0.225 e. The van der Waals surface area contributed by atoms with Crippen molar-refractivity contribution in [2.24, 2.45) is 0 Å². The van der Waals surface area contributed by atoms with E-state index in [2.05, 4.69) is 40.5 Å². The number of fused-ring (bicyclic) bond motifs is 1. The van der Waals surface area contributed by atoms with Crippen LogP contribution in [0.25, 0.3) is 10.9 Å². The average molecular weight is 558 g/mol. The number of nitrogens with zero attached hydrogens (tertiary/aromatic N) is 7. The van der Waals surface area contributed by atoms with Gasteiger partial charge in [-0.05, 0) is 70.2 Å². The van der Waals surface area contributed by atoms with Gasteiger partial charge >= 0.3 is 0 Å². The Balaban J connectivity index is 1.37. The first kappa shape index (κ1) is 25.3. The Morgan fingerprint density at radius 3 is 2.50 bits per heavy atom. The Labute approximate surface area is 226 Å². The van der Waals surface area contributed by atoms with Gasteiger partial charge in [0.05, 0.1) is 28.3 Å². The van der Waals surface area contributed by atoms with E-state index < -0.39 is 16.8 Å². The molecule has 1 saturated heterocycles. The quantitative estimate of drug-likeness (QED) is 0.344. The van der Waals surface area contributed by atoms with Crippen LogP contribution in [0.5, 0.6) is 0 Å². The minimum Gasteiger partial charge on any atom is -0.345 e. The van der Waals surface area contributed by atoms with Gasteiger partial charge in [0.15, 0.2) is 22.6 Å². The zero-order valence-electron chi connectivity index (χ0n) is 21.7. The molecule has 4 aromatic rings. The molecule has 3 aromatic heterocycles. The van der Waals surface area contributed by atoms with E-state index in [1.165, 1.54) is 28.6 Å². The molecule has 6 rings (SSSR count). The third-order valence-corrected chi connectivity index (χ3v) is 9.12. The molecule has 200 valence electrons. The Bertz CT molecular complexity index is 1540. The fourth-order valence-corrected chi connectivity index (χ4v) is 7.17. The van der Waals surface area contributed by atoms with Gasteiger partial charge in [0, 0.05) is 48.2 Å². The summed E-state index contributed by atoms with van der Waals surface area (Å²) in [4.78, 5) is 13.3. The van der Waals surface area contributed by atoms with E-state index in [9.17, 15) is 13.0 Å². The largest absolute Gasteiger partial charge is 0.345 e. The maximum absolute atomic E-state index is 14.6. The van der Waals surface area contributed by atoms with Crippen LogP contribution in [0, 0.1) is 18.6 Å². The monoisotopic (exact) mass is 557 g/mol. The molecule has 1 aliphatic carbocycles. The zero-order chi connectivity index (χ0) is 26.8. The van der Waals surface area contributed by atoms with Crippen LogP contribution in [-0.2, 0) is 11.0 Å². The topological polar surface area (TPSA) is 72.1 Å². The lowest BCUT2D eigenvalue weighted by molar-refractivity contribution is 0.497. The van der Waals surface area contributed by atoms with Gasteiger partial charge in [0.2, 0.25) is 5.95 Å². The van der Waals surface area contributed by atoms with Crippen LogP contribution >= 0.6 is 11.9 Å². The zero-order valence-corrected chi connectivity index (χ0v) is 23.3. The molecular formula is C26H29F2N7OS2. The number of piperazine rings is 1. The highest BCUT2D eigenvalue weighted by molar-refractivity contribution is 7.99. The van der Waals surface area contributed by atoms with Crippen LogP contribution in [0.1, 0.15) is 39.2 Å². The van der Waals surface area contributed by atoms with Gasteiger partial charge in [-0.2, -0.15) is 4.09 Å². The first-order valence-electron chi connectivity index (χ1n) is 12.5. The lowest BCUT2D eigenvalue weighted by atomic mass is 10.1. The van der Waals surface area contributed by atoms with Gasteiger partial charge < -0.3 is 9.80 Å². The van der Waals surface area contributed by atoms with Crippen LogP contribution in [0.3, 0.4) is 0 Å². The predicted molar refractivity (Wildman–Crippen MR) is 147 cm³/mol. The second-order valence-electron chi connectivity index (χ2n) is 11.0. The molecule has 1 spiro atoms. The Kier molecular flexibility index (Phi) is 6.02. The van der Waals surface area contributed by atoms with Gasteiger partial charge in [-0.3, -0.25) is 3.97 Å². The molecule has 0 bridgehead atoms. The average Bonchev–Trinajstić information content (AvgIpc) is 3.28. The Hall–Kier alpha value is -2.99. The van der Waals surface area contributed by atoms with E-state index in [1.807, 2.05) is 29.4 Å². The summed E-state index contributed by atoms with van der Waals surface area (Å²) in [5, 5.41) is 5.69. The van der Waals surface area contributed by atoms with Crippen molar-refractivity contribution in [2.75, 3.05) is 29.4 Å². The van der Waals surface area contributed by atoms with Crippen LogP contribution in [0.2, 0.25) is 0 Å². The molecule has 1 atom stereocenters. The molecule has 1 aliphatic heterocycles. The van der Waals surface area contributed by atoms with Crippen LogP contribution in [0.4, 0.5) is 20.5 Å².